The number of hydrogen-bond acceptors (Lipinski definition) is 3. The van der Waals surface area contributed by atoms with E-state index in [2.05, 4.69) is 18.7 Å². The van der Waals surface area contributed by atoms with E-state index in [1.165, 1.54) is 19.3 Å². The number of nitrogens with zero attached hydrogens (tertiary/aromatic N) is 1. The van der Waals surface area contributed by atoms with Gasteiger partial charge in [-0.3, -0.25) is 0 Å². The van der Waals surface area contributed by atoms with Crippen LogP contribution in [0.4, 0.5) is 0 Å². The minimum atomic E-state index is -0.349. The van der Waals surface area contributed by atoms with Crippen LogP contribution in [-0.2, 0) is 0 Å². The summed E-state index contributed by atoms with van der Waals surface area (Å²) in [5.41, 5.74) is 5.96. The fourth-order valence-corrected chi connectivity index (χ4v) is 4.08. The molecule has 0 aromatic rings. The Kier molecular flexibility index (Phi) is 4.91. The minimum Gasteiger partial charge on any atom is -0.390 e. The van der Waals surface area contributed by atoms with E-state index >= 15 is 0 Å². The van der Waals surface area contributed by atoms with Gasteiger partial charge in [0.25, 0.3) is 0 Å². The Morgan fingerprint density at radius 3 is 2.63 bits per heavy atom. The van der Waals surface area contributed by atoms with Gasteiger partial charge in [-0.2, -0.15) is 0 Å². The first kappa shape index (κ1) is 15.3. The predicted molar refractivity (Wildman–Crippen MR) is 80.0 cm³/mol. The summed E-state index contributed by atoms with van der Waals surface area (Å²) < 4.78 is 0. The van der Waals surface area contributed by atoms with Crippen LogP contribution < -0.4 is 5.73 Å². The van der Waals surface area contributed by atoms with Gasteiger partial charge in [0, 0.05) is 25.6 Å². The minimum absolute atomic E-state index is 0.282. The van der Waals surface area contributed by atoms with E-state index in [-0.39, 0.29) is 11.0 Å². The van der Waals surface area contributed by atoms with Crippen LogP contribution in [0.5, 0.6) is 0 Å². The van der Waals surface area contributed by atoms with Crippen LogP contribution in [-0.4, -0.2) is 41.8 Å². The summed E-state index contributed by atoms with van der Waals surface area (Å²) in [6, 6.07) is 0. The van der Waals surface area contributed by atoms with Gasteiger partial charge >= 0.3 is 0 Å². The lowest BCUT2D eigenvalue weighted by atomic mass is 9.70. The van der Waals surface area contributed by atoms with Crippen LogP contribution in [0.2, 0.25) is 0 Å². The molecule has 3 nitrogen and oxygen atoms in total. The van der Waals surface area contributed by atoms with Gasteiger partial charge in [-0.25, -0.2) is 0 Å². The summed E-state index contributed by atoms with van der Waals surface area (Å²) in [5.74, 6) is 0.499. The Morgan fingerprint density at radius 1 is 1.26 bits per heavy atom. The first-order valence-electron chi connectivity index (χ1n) is 8.22. The molecule has 0 amide bonds. The molecule has 2 fully saturated rings. The summed E-state index contributed by atoms with van der Waals surface area (Å²) >= 11 is 0. The van der Waals surface area contributed by atoms with E-state index in [1.54, 1.807) is 0 Å². The van der Waals surface area contributed by atoms with Crippen LogP contribution in [0.25, 0.3) is 0 Å². The molecule has 3 N–H and O–H groups in total. The highest BCUT2D eigenvalue weighted by Gasteiger charge is 2.43. The highest BCUT2D eigenvalue weighted by molar-refractivity contribution is 4.97. The van der Waals surface area contributed by atoms with Crippen LogP contribution in [0, 0.1) is 11.3 Å². The molecule has 0 aromatic heterocycles. The van der Waals surface area contributed by atoms with Crippen LogP contribution in [0.15, 0.2) is 0 Å². The Labute approximate surface area is 118 Å². The monoisotopic (exact) mass is 268 g/mol. The van der Waals surface area contributed by atoms with Crippen molar-refractivity contribution >= 4 is 0 Å². The lowest BCUT2D eigenvalue weighted by Gasteiger charge is -2.49. The van der Waals surface area contributed by atoms with Crippen LogP contribution in [0.1, 0.15) is 58.8 Å². The highest BCUT2D eigenvalue weighted by atomic mass is 16.3. The summed E-state index contributed by atoms with van der Waals surface area (Å²) in [6.45, 7) is 8.55. The van der Waals surface area contributed by atoms with Crippen molar-refractivity contribution in [3.8, 4) is 0 Å². The average molecular weight is 268 g/mol. The Hall–Kier alpha value is -0.120. The normalized spacial score (nSPS) is 33.2. The quantitative estimate of drug-likeness (QED) is 0.805. The second-order valence-electron chi connectivity index (χ2n) is 6.94. The maximum atomic E-state index is 10.7. The van der Waals surface area contributed by atoms with Crippen molar-refractivity contribution in [3.63, 3.8) is 0 Å². The Balaban J connectivity index is 1.97. The lowest BCUT2D eigenvalue weighted by molar-refractivity contribution is -0.101. The maximum Gasteiger partial charge on any atom is 0.0700 e. The van der Waals surface area contributed by atoms with E-state index in [4.69, 9.17) is 5.73 Å². The van der Waals surface area contributed by atoms with E-state index in [0.29, 0.717) is 5.92 Å². The standard InChI is InChI=1S/C16H32N2O/c1-3-15(4-2,12-17)13-18-10-9-16(19)8-6-5-7-14(16)11-18/h14,19H,3-13,17H2,1-2H3. The van der Waals surface area contributed by atoms with E-state index in [1.807, 2.05) is 0 Å². The van der Waals surface area contributed by atoms with Crippen molar-refractivity contribution in [3.05, 3.63) is 0 Å². The molecular weight excluding hydrogens is 236 g/mol. The summed E-state index contributed by atoms with van der Waals surface area (Å²) in [6.07, 6.45) is 8.02. The Bertz CT molecular complexity index is 282. The van der Waals surface area contributed by atoms with Crippen LogP contribution in [0.3, 0.4) is 0 Å². The van der Waals surface area contributed by atoms with Crippen molar-refractivity contribution in [1.29, 1.82) is 0 Å². The van der Waals surface area contributed by atoms with E-state index in [0.717, 1.165) is 51.9 Å². The van der Waals surface area contributed by atoms with Gasteiger partial charge in [-0.15, -0.1) is 0 Å². The average Bonchev–Trinajstić information content (AvgIpc) is 2.45. The second-order valence-corrected chi connectivity index (χ2v) is 6.94. The zero-order valence-electron chi connectivity index (χ0n) is 12.8. The molecule has 2 atom stereocenters. The summed E-state index contributed by atoms with van der Waals surface area (Å²) in [4.78, 5) is 2.57. The van der Waals surface area contributed by atoms with Gasteiger partial charge in [0.1, 0.15) is 0 Å². The number of likely N-dealkylation sites (tertiary alicyclic amines) is 1. The number of piperidine rings is 1. The van der Waals surface area contributed by atoms with Gasteiger partial charge in [-0.1, -0.05) is 26.7 Å². The van der Waals surface area contributed by atoms with E-state index < -0.39 is 0 Å². The molecule has 3 heteroatoms. The topological polar surface area (TPSA) is 49.5 Å². The van der Waals surface area contributed by atoms with E-state index in [9.17, 15) is 5.11 Å². The molecule has 1 aliphatic carbocycles. The molecule has 1 heterocycles. The zero-order valence-corrected chi connectivity index (χ0v) is 12.8. The molecule has 0 radical (unpaired) electrons. The maximum absolute atomic E-state index is 10.7. The van der Waals surface area contributed by atoms with Gasteiger partial charge < -0.3 is 15.7 Å². The first-order chi connectivity index (χ1) is 9.07. The summed E-state index contributed by atoms with van der Waals surface area (Å²) in [5, 5.41) is 10.7. The molecule has 0 bridgehead atoms. The third kappa shape index (κ3) is 3.14. The SMILES string of the molecule is CCC(CC)(CN)CN1CCC2(O)CCCCC2C1. The van der Waals surface area contributed by atoms with Crippen molar-refractivity contribution < 1.29 is 5.11 Å². The van der Waals surface area contributed by atoms with Crippen molar-refractivity contribution in [1.82, 2.24) is 4.90 Å². The largest absolute Gasteiger partial charge is 0.390 e. The highest BCUT2D eigenvalue weighted by Crippen LogP contribution is 2.40. The molecule has 2 aliphatic rings. The lowest BCUT2D eigenvalue weighted by Crippen LogP contribution is -2.55. The van der Waals surface area contributed by atoms with Crippen molar-refractivity contribution in [2.75, 3.05) is 26.2 Å². The third-order valence-corrected chi connectivity index (χ3v) is 6.00. The molecule has 2 rings (SSSR count). The third-order valence-electron chi connectivity index (χ3n) is 6.00. The smallest absolute Gasteiger partial charge is 0.0700 e. The molecule has 1 saturated carbocycles. The molecule has 1 aliphatic heterocycles. The van der Waals surface area contributed by atoms with Crippen LogP contribution >= 0.6 is 0 Å². The number of fused-ring (bicyclic) bond motifs is 1. The predicted octanol–water partition coefficient (Wildman–Crippen LogP) is 2.38. The Morgan fingerprint density at radius 2 is 2.00 bits per heavy atom. The number of aliphatic hydroxyl groups is 1. The van der Waals surface area contributed by atoms with Gasteiger partial charge in [0.05, 0.1) is 5.60 Å². The number of nitrogens with two attached hydrogens (primary N) is 1. The molecule has 19 heavy (non-hydrogen) atoms. The molecule has 2 unspecified atom stereocenters. The molecule has 1 saturated heterocycles. The van der Waals surface area contributed by atoms with Crippen molar-refractivity contribution in [2.45, 2.75) is 64.4 Å². The van der Waals surface area contributed by atoms with Gasteiger partial charge in [-0.05, 0) is 44.1 Å². The van der Waals surface area contributed by atoms with Gasteiger partial charge in [0.2, 0.25) is 0 Å². The fraction of sp³-hybridized carbons (Fsp3) is 1.00. The number of rotatable bonds is 5. The van der Waals surface area contributed by atoms with Crippen molar-refractivity contribution in [2.24, 2.45) is 17.1 Å². The molecule has 0 aromatic carbocycles. The zero-order chi connectivity index (χ0) is 13.9. The first-order valence-corrected chi connectivity index (χ1v) is 8.22. The number of hydrogen-bond donors (Lipinski definition) is 2. The summed E-state index contributed by atoms with van der Waals surface area (Å²) in [7, 11) is 0. The molecular formula is C16H32N2O. The molecule has 112 valence electrons. The van der Waals surface area contributed by atoms with Gasteiger partial charge in [0.15, 0.2) is 0 Å². The second kappa shape index (κ2) is 6.11. The molecule has 0 spiro atoms. The fourth-order valence-electron chi connectivity index (χ4n) is 4.08.